The quantitative estimate of drug-likeness (QED) is 0.444. The largest absolute Gasteiger partial charge is 0.467 e. The third kappa shape index (κ3) is 5.26. The zero-order valence-electron chi connectivity index (χ0n) is 20.2. The number of likely N-dealkylation sites (tertiary alicyclic amines) is 1. The number of benzene rings is 2. The maximum atomic E-state index is 13.4. The molecule has 10 heteroatoms. The molecule has 2 fully saturated rings. The molecule has 2 aliphatic rings. The van der Waals surface area contributed by atoms with E-state index in [1.165, 1.54) is 39.9 Å². The summed E-state index contributed by atoms with van der Waals surface area (Å²) in [6.07, 6.45) is 6.31. The number of amides is 1. The van der Waals surface area contributed by atoms with Crippen LogP contribution in [0.3, 0.4) is 0 Å². The highest BCUT2D eigenvalue weighted by atomic mass is 32.2. The average Bonchev–Trinajstić information content (AvgIpc) is 3.30. The number of carbonyl (C=O) groups excluding carboxylic acids is 1. The van der Waals surface area contributed by atoms with Gasteiger partial charge in [-0.05, 0) is 55.3 Å². The van der Waals surface area contributed by atoms with Crippen LogP contribution in [0, 0.1) is 5.82 Å². The lowest BCUT2D eigenvalue weighted by Crippen LogP contribution is -2.41. The fourth-order valence-electron chi connectivity index (χ4n) is 5.01. The number of ether oxygens (including phenoxy) is 1. The highest BCUT2D eigenvalue weighted by Gasteiger charge is 2.30. The summed E-state index contributed by atoms with van der Waals surface area (Å²) in [5, 5.41) is 0.510. The standard InChI is InChI=1S/C26H30FN3O4S2/c1-29(20-5-3-2-4-6-20)36(32,33)22-10-7-18(8-11-22)25(31)30-15-13-21(14-16-30)34-26-28-23-12-9-19(27)17-24(23)35-26/h7-12,17,20-21H,2-6,13-16H2,1H3. The van der Waals surface area contributed by atoms with Gasteiger partial charge in [0.15, 0.2) is 0 Å². The third-order valence-corrected chi connectivity index (χ3v) is 10.0. The number of hydrogen-bond acceptors (Lipinski definition) is 6. The highest BCUT2D eigenvalue weighted by Crippen LogP contribution is 2.31. The monoisotopic (exact) mass is 531 g/mol. The van der Waals surface area contributed by atoms with Crippen molar-refractivity contribution in [2.45, 2.75) is 62.0 Å². The minimum absolute atomic E-state index is 0.0394. The van der Waals surface area contributed by atoms with Crippen LogP contribution >= 0.6 is 11.3 Å². The van der Waals surface area contributed by atoms with Crippen LogP contribution in [0.25, 0.3) is 10.2 Å². The molecule has 7 nitrogen and oxygen atoms in total. The second-order valence-corrected chi connectivity index (χ2v) is 12.5. The Morgan fingerprint density at radius 3 is 2.44 bits per heavy atom. The molecule has 36 heavy (non-hydrogen) atoms. The molecular weight excluding hydrogens is 501 g/mol. The summed E-state index contributed by atoms with van der Waals surface area (Å²) in [6.45, 7) is 1.07. The van der Waals surface area contributed by atoms with Gasteiger partial charge in [0.1, 0.15) is 11.9 Å². The summed E-state index contributed by atoms with van der Waals surface area (Å²) in [7, 11) is -1.93. The van der Waals surface area contributed by atoms with Crippen LogP contribution in [0.2, 0.25) is 0 Å². The molecule has 1 saturated heterocycles. The van der Waals surface area contributed by atoms with E-state index in [4.69, 9.17) is 4.74 Å². The number of carbonyl (C=O) groups is 1. The molecule has 1 aliphatic heterocycles. The van der Waals surface area contributed by atoms with Gasteiger partial charge in [0.25, 0.3) is 11.1 Å². The molecule has 0 atom stereocenters. The molecular formula is C26H30FN3O4S2. The van der Waals surface area contributed by atoms with Gasteiger partial charge in [-0.25, -0.2) is 17.8 Å². The van der Waals surface area contributed by atoms with Crippen LogP contribution in [0.15, 0.2) is 47.4 Å². The third-order valence-electron chi connectivity index (χ3n) is 7.19. The van der Waals surface area contributed by atoms with E-state index in [0.717, 1.165) is 36.8 Å². The summed E-state index contributed by atoms with van der Waals surface area (Å²) in [5.41, 5.74) is 1.18. The second-order valence-electron chi connectivity index (χ2n) is 9.54. The zero-order valence-corrected chi connectivity index (χ0v) is 21.9. The summed E-state index contributed by atoms with van der Waals surface area (Å²) in [6, 6.07) is 10.8. The molecule has 192 valence electrons. The maximum Gasteiger partial charge on any atom is 0.274 e. The lowest BCUT2D eigenvalue weighted by molar-refractivity contribution is 0.0595. The molecule has 1 amide bonds. The molecule has 0 spiro atoms. The predicted molar refractivity (Wildman–Crippen MR) is 137 cm³/mol. The first kappa shape index (κ1) is 25.1. The topological polar surface area (TPSA) is 79.8 Å². The van der Waals surface area contributed by atoms with Gasteiger partial charge in [0.05, 0.1) is 15.1 Å². The number of rotatable bonds is 6. The van der Waals surface area contributed by atoms with Crippen molar-refractivity contribution in [3.63, 3.8) is 0 Å². The van der Waals surface area contributed by atoms with Crippen molar-refractivity contribution in [2.75, 3.05) is 20.1 Å². The summed E-state index contributed by atoms with van der Waals surface area (Å²) in [4.78, 5) is 19.4. The van der Waals surface area contributed by atoms with E-state index in [-0.39, 0.29) is 28.8 Å². The number of sulfonamides is 1. The molecule has 0 N–H and O–H groups in total. The van der Waals surface area contributed by atoms with Gasteiger partial charge in [-0.15, -0.1) is 0 Å². The average molecular weight is 532 g/mol. The minimum Gasteiger partial charge on any atom is -0.467 e. The van der Waals surface area contributed by atoms with Gasteiger partial charge < -0.3 is 9.64 Å². The normalized spacial score (nSPS) is 18.1. The fourth-order valence-corrected chi connectivity index (χ4v) is 7.33. The Morgan fingerprint density at radius 2 is 1.75 bits per heavy atom. The van der Waals surface area contributed by atoms with Gasteiger partial charge in [-0.3, -0.25) is 4.79 Å². The molecule has 2 aromatic carbocycles. The van der Waals surface area contributed by atoms with Crippen LogP contribution in [0.5, 0.6) is 5.19 Å². The van der Waals surface area contributed by atoms with Crippen molar-refractivity contribution in [2.24, 2.45) is 0 Å². The molecule has 2 heterocycles. The number of aromatic nitrogens is 1. The first-order chi connectivity index (χ1) is 17.3. The summed E-state index contributed by atoms with van der Waals surface area (Å²) in [5.74, 6) is -0.417. The Morgan fingerprint density at radius 1 is 1.06 bits per heavy atom. The first-order valence-electron chi connectivity index (χ1n) is 12.4. The molecule has 5 rings (SSSR count). The molecule has 0 unspecified atom stereocenters. The van der Waals surface area contributed by atoms with Gasteiger partial charge in [-0.1, -0.05) is 30.6 Å². The van der Waals surface area contributed by atoms with Gasteiger partial charge in [0, 0.05) is 44.6 Å². The smallest absolute Gasteiger partial charge is 0.274 e. The van der Waals surface area contributed by atoms with Crippen molar-refractivity contribution in [3.8, 4) is 5.19 Å². The van der Waals surface area contributed by atoms with E-state index in [1.54, 1.807) is 30.1 Å². The summed E-state index contributed by atoms with van der Waals surface area (Å²) >= 11 is 1.32. The second kappa shape index (κ2) is 10.4. The van der Waals surface area contributed by atoms with Crippen LogP contribution < -0.4 is 4.74 Å². The number of nitrogens with zero attached hydrogens (tertiary/aromatic N) is 3. The van der Waals surface area contributed by atoms with Gasteiger partial charge in [0.2, 0.25) is 10.0 Å². The Balaban J connectivity index is 1.17. The molecule has 0 bridgehead atoms. The lowest BCUT2D eigenvalue weighted by atomic mass is 9.96. The zero-order chi connectivity index (χ0) is 25.3. The SMILES string of the molecule is CN(C1CCCCC1)S(=O)(=O)c1ccc(C(=O)N2CCC(Oc3nc4ccc(F)cc4s3)CC2)cc1. The van der Waals surface area contributed by atoms with Crippen molar-refractivity contribution < 1.29 is 22.3 Å². The number of thiazole rings is 1. The van der Waals surface area contributed by atoms with Gasteiger partial charge in [-0.2, -0.15) is 4.31 Å². The Hall–Kier alpha value is -2.56. The Labute approximate surface area is 214 Å². The fraction of sp³-hybridized carbons (Fsp3) is 0.462. The van der Waals surface area contributed by atoms with E-state index >= 15 is 0 Å². The van der Waals surface area contributed by atoms with Crippen molar-refractivity contribution in [1.82, 2.24) is 14.2 Å². The highest BCUT2D eigenvalue weighted by molar-refractivity contribution is 7.89. The Bertz CT molecular complexity index is 1330. The number of piperidine rings is 1. The molecule has 1 aromatic heterocycles. The van der Waals surface area contributed by atoms with Gasteiger partial charge >= 0.3 is 0 Å². The molecule has 0 radical (unpaired) electrons. The van der Waals surface area contributed by atoms with Crippen LogP contribution in [-0.4, -0.2) is 60.8 Å². The predicted octanol–water partition coefficient (Wildman–Crippen LogP) is 5.07. The minimum atomic E-state index is -3.59. The van der Waals surface area contributed by atoms with E-state index < -0.39 is 10.0 Å². The van der Waals surface area contributed by atoms with E-state index in [9.17, 15) is 17.6 Å². The van der Waals surface area contributed by atoms with E-state index in [2.05, 4.69) is 4.98 Å². The first-order valence-corrected chi connectivity index (χ1v) is 14.7. The molecule has 3 aromatic rings. The molecule has 1 aliphatic carbocycles. The number of halogens is 1. The maximum absolute atomic E-state index is 13.4. The van der Waals surface area contributed by atoms with Crippen molar-refractivity contribution in [3.05, 3.63) is 53.8 Å². The Kier molecular flexibility index (Phi) is 7.28. The number of fused-ring (bicyclic) bond motifs is 1. The van der Waals surface area contributed by atoms with Crippen molar-refractivity contribution in [1.29, 1.82) is 0 Å². The van der Waals surface area contributed by atoms with Crippen LogP contribution in [0.4, 0.5) is 4.39 Å². The van der Waals surface area contributed by atoms with E-state index in [0.29, 0.717) is 42.2 Å². The number of hydrogen-bond donors (Lipinski definition) is 0. The van der Waals surface area contributed by atoms with Crippen LogP contribution in [-0.2, 0) is 10.0 Å². The lowest BCUT2D eigenvalue weighted by Gasteiger charge is -2.32. The molecule has 1 saturated carbocycles. The summed E-state index contributed by atoms with van der Waals surface area (Å²) < 4.78 is 47.8. The van der Waals surface area contributed by atoms with Crippen LogP contribution in [0.1, 0.15) is 55.3 Å². The van der Waals surface area contributed by atoms with E-state index in [1.807, 2.05) is 0 Å². The van der Waals surface area contributed by atoms with Crippen molar-refractivity contribution >= 4 is 37.5 Å².